The highest BCUT2D eigenvalue weighted by Gasteiger charge is 2.49. The molecule has 6 heteroatoms. The molecule has 0 spiro atoms. The molecule has 0 aliphatic carbocycles. The predicted molar refractivity (Wildman–Crippen MR) is 126 cm³/mol. The first kappa shape index (κ1) is 23.3. The van der Waals surface area contributed by atoms with Crippen LogP contribution in [-0.4, -0.2) is 39.5 Å². The van der Waals surface area contributed by atoms with Crippen LogP contribution < -0.4 is 4.90 Å². The molecular weight excluding hydrogens is 414 g/mol. The molecule has 1 N–H and O–H groups in total. The number of thiophene rings is 1. The minimum absolute atomic E-state index is 0.0252. The van der Waals surface area contributed by atoms with E-state index in [4.69, 9.17) is 0 Å². The molecule has 0 fully saturated rings. The van der Waals surface area contributed by atoms with Crippen molar-refractivity contribution in [1.82, 2.24) is 0 Å². The van der Waals surface area contributed by atoms with Gasteiger partial charge in [-0.1, -0.05) is 45.6 Å². The number of sulfone groups is 1. The molecule has 2 aromatic rings. The van der Waals surface area contributed by atoms with Crippen LogP contribution in [0.3, 0.4) is 0 Å². The van der Waals surface area contributed by atoms with E-state index in [1.807, 2.05) is 48.6 Å². The van der Waals surface area contributed by atoms with Crippen molar-refractivity contribution in [2.45, 2.75) is 69.3 Å². The molecule has 0 radical (unpaired) electrons. The van der Waals surface area contributed by atoms with Gasteiger partial charge in [0.05, 0.1) is 16.8 Å². The Balaban J connectivity index is 2.26. The van der Waals surface area contributed by atoms with E-state index in [0.717, 1.165) is 54.7 Å². The maximum absolute atomic E-state index is 13.7. The van der Waals surface area contributed by atoms with E-state index in [9.17, 15) is 13.5 Å². The van der Waals surface area contributed by atoms with Gasteiger partial charge in [-0.2, -0.15) is 0 Å². The zero-order valence-corrected chi connectivity index (χ0v) is 20.2. The Bertz CT molecular complexity index is 927. The highest BCUT2D eigenvalue weighted by Crippen LogP contribution is 2.50. The summed E-state index contributed by atoms with van der Waals surface area (Å²) in [6.07, 6.45) is 4.56. The molecule has 30 heavy (non-hydrogen) atoms. The minimum Gasteiger partial charge on any atom is -0.391 e. The lowest BCUT2D eigenvalue weighted by Gasteiger charge is -2.40. The van der Waals surface area contributed by atoms with Crippen molar-refractivity contribution < 1.29 is 13.5 Å². The number of unbranched alkanes of at least 4 members (excludes halogenated alkanes) is 2. The first-order chi connectivity index (χ1) is 14.3. The first-order valence-electron chi connectivity index (χ1n) is 11.0. The van der Waals surface area contributed by atoms with Gasteiger partial charge in [-0.05, 0) is 48.1 Å². The van der Waals surface area contributed by atoms with E-state index in [-0.39, 0.29) is 11.7 Å². The smallest absolute Gasteiger partial charge is 0.179 e. The Hall–Kier alpha value is -1.37. The molecule has 1 aliphatic heterocycles. The van der Waals surface area contributed by atoms with Gasteiger partial charge in [-0.25, -0.2) is 8.42 Å². The molecule has 2 atom stereocenters. The fraction of sp³-hybridized carbons (Fsp3) is 0.583. The zero-order valence-electron chi connectivity index (χ0n) is 18.6. The summed E-state index contributed by atoms with van der Waals surface area (Å²) in [5, 5.41) is 13.9. The second kappa shape index (κ2) is 9.41. The number of hydrogen-bond donors (Lipinski definition) is 1. The monoisotopic (exact) mass is 449 g/mol. The van der Waals surface area contributed by atoms with E-state index in [1.54, 1.807) is 17.4 Å². The number of hydrogen-bond acceptors (Lipinski definition) is 5. The Morgan fingerprint density at radius 1 is 1.13 bits per heavy atom. The Morgan fingerprint density at radius 2 is 1.80 bits per heavy atom. The van der Waals surface area contributed by atoms with Crippen LogP contribution in [-0.2, 0) is 9.84 Å². The van der Waals surface area contributed by atoms with E-state index in [0.29, 0.717) is 4.90 Å². The summed E-state index contributed by atoms with van der Waals surface area (Å²) in [5.41, 5.74) is 1.06. The van der Waals surface area contributed by atoms with Crippen molar-refractivity contribution in [3.05, 3.63) is 46.2 Å². The number of nitrogens with zero attached hydrogens (tertiary/aromatic N) is 1. The molecule has 0 amide bonds. The van der Waals surface area contributed by atoms with Gasteiger partial charge in [0.2, 0.25) is 0 Å². The lowest BCUT2D eigenvalue weighted by atomic mass is 9.69. The van der Waals surface area contributed by atoms with Crippen molar-refractivity contribution in [3.63, 3.8) is 0 Å². The standard InChI is InChI=1S/C24H35NO3S2/c1-5-7-13-24(14-8-6-2)17-30(27,28)21-12-11-18(25(3)4)16-19(21)22(23(24)26)20-10-9-15-29-20/h9-12,15-16,22-23,26H,5-8,13-14,17H2,1-4H3/t22-,23+/m0/s1. The quantitative estimate of drug-likeness (QED) is 0.581. The van der Waals surface area contributed by atoms with Crippen molar-refractivity contribution in [3.8, 4) is 0 Å². The molecule has 1 aromatic heterocycles. The minimum atomic E-state index is -3.52. The van der Waals surface area contributed by atoms with Crippen molar-refractivity contribution in [2.24, 2.45) is 5.41 Å². The number of aliphatic hydroxyl groups is 1. The maximum atomic E-state index is 13.7. The topological polar surface area (TPSA) is 57.6 Å². The van der Waals surface area contributed by atoms with Gasteiger partial charge in [0.15, 0.2) is 9.84 Å². The second-order valence-electron chi connectivity index (χ2n) is 8.88. The van der Waals surface area contributed by atoms with Crippen LogP contribution in [0.1, 0.15) is 68.7 Å². The number of rotatable bonds is 8. The average molecular weight is 450 g/mol. The van der Waals surface area contributed by atoms with E-state index in [2.05, 4.69) is 13.8 Å². The van der Waals surface area contributed by atoms with Crippen LogP contribution >= 0.6 is 11.3 Å². The number of benzene rings is 1. The lowest BCUT2D eigenvalue weighted by Crippen LogP contribution is -2.43. The number of fused-ring (bicyclic) bond motifs is 1. The largest absolute Gasteiger partial charge is 0.391 e. The highest BCUT2D eigenvalue weighted by atomic mass is 32.2. The second-order valence-corrected chi connectivity index (χ2v) is 11.8. The van der Waals surface area contributed by atoms with Crippen LogP contribution in [0, 0.1) is 5.41 Å². The van der Waals surface area contributed by atoms with Gasteiger partial charge in [-0.3, -0.25) is 0 Å². The SMILES string of the molecule is CCCCC1(CCCC)CS(=O)(=O)c2ccc(N(C)C)cc2[C@@H](c2cccs2)[C@H]1O. The molecule has 166 valence electrons. The van der Waals surface area contributed by atoms with Crippen molar-refractivity contribution in [2.75, 3.05) is 24.7 Å². The summed E-state index contributed by atoms with van der Waals surface area (Å²) < 4.78 is 27.3. The molecule has 3 rings (SSSR count). The van der Waals surface area contributed by atoms with E-state index < -0.39 is 21.4 Å². The average Bonchev–Trinajstić information content (AvgIpc) is 3.22. The number of anilines is 1. The fourth-order valence-corrected chi connectivity index (χ4v) is 7.87. The summed E-state index contributed by atoms with van der Waals surface area (Å²) in [6.45, 7) is 4.25. The lowest BCUT2D eigenvalue weighted by molar-refractivity contribution is 0.0134. The summed E-state index contributed by atoms with van der Waals surface area (Å²) in [4.78, 5) is 3.41. The Morgan fingerprint density at radius 3 is 2.33 bits per heavy atom. The van der Waals surface area contributed by atoms with E-state index in [1.165, 1.54) is 0 Å². The van der Waals surface area contributed by atoms with Crippen LogP contribution in [0.5, 0.6) is 0 Å². The first-order valence-corrected chi connectivity index (χ1v) is 13.5. The Kier molecular flexibility index (Phi) is 7.31. The zero-order chi connectivity index (χ0) is 21.9. The molecule has 0 unspecified atom stereocenters. The molecule has 0 saturated carbocycles. The van der Waals surface area contributed by atoms with Crippen molar-refractivity contribution in [1.29, 1.82) is 0 Å². The van der Waals surface area contributed by atoms with Crippen LogP contribution in [0.15, 0.2) is 40.6 Å². The van der Waals surface area contributed by atoms with Gasteiger partial charge in [0.25, 0.3) is 0 Å². The summed E-state index contributed by atoms with van der Waals surface area (Å²) in [5.74, 6) is -0.303. The number of aliphatic hydroxyl groups excluding tert-OH is 1. The molecular formula is C24H35NO3S2. The predicted octanol–water partition coefficient (Wildman–Crippen LogP) is 5.46. The maximum Gasteiger partial charge on any atom is 0.179 e. The van der Waals surface area contributed by atoms with Gasteiger partial charge in [-0.15, -0.1) is 11.3 Å². The molecule has 2 heterocycles. The van der Waals surface area contributed by atoms with Gasteiger partial charge in [0.1, 0.15) is 0 Å². The third-order valence-electron chi connectivity index (χ3n) is 6.51. The van der Waals surface area contributed by atoms with Gasteiger partial charge >= 0.3 is 0 Å². The van der Waals surface area contributed by atoms with Gasteiger partial charge in [0, 0.05) is 36.0 Å². The molecule has 1 aromatic carbocycles. The van der Waals surface area contributed by atoms with Crippen LogP contribution in [0.25, 0.3) is 0 Å². The normalized spacial score (nSPS) is 22.3. The van der Waals surface area contributed by atoms with Crippen LogP contribution in [0.2, 0.25) is 0 Å². The van der Waals surface area contributed by atoms with Gasteiger partial charge < -0.3 is 10.0 Å². The fourth-order valence-electron chi connectivity index (χ4n) is 4.81. The summed E-state index contributed by atoms with van der Waals surface area (Å²) >= 11 is 1.60. The molecule has 4 nitrogen and oxygen atoms in total. The molecule has 0 saturated heterocycles. The summed E-state index contributed by atoms with van der Waals surface area (Å²) in [7, 11) is 0.389. The third kappa shape index (κ3) is 4.46. The molecule has 0 bridgehead atoms. The van der Waals surface area contributed by atoms with E-state index >= 15 is 0 Å². The highest BCUT2D eigenvalue weighted by molar-refractivity contribution is 7.91. The summed E-state index contributed by atoms with van der Waals surface area (Å²) in [6, 6.07) is 9.62. The third-order valence-corrected chi connectivity index (χ3v) is 9.46. The van der Waals surface area contributed by atoms with Crippen molar-refractivity contribution >= 4 is 26.9 Å². The molecule has 1 aliphatic rings. The van der Waals surface area contributed by atoms with Crippen LogP contribution in [0.4, 0.5) is 5.69 Å². The Labute approximate surface area is 185 Å².